The monoisotopic (exact) mass is 371 g/mol. The van der Waals surface area contributed by atoms with Gasteiger partial charge in [-0.05, 0) is 59.3 Å². The molecular formula is C19H33NO6. The van der Waals surface area contributed by atoms with E-state index in [1.165, 1.54) is 0 Å². The summed E-state index contributed by atoms with van der Waals surface area (Å²) >= 11 is 0. The number of carbonyl (C=O) groups is 3. The molecule has 0 aromatic carbocycles. The molecule has 0 saturated carbocycles. The third-order valence-corrected chi connectivity index (χ3v) is 4.65. The Hall–Kier alpha value is -1.79. The van der Waals surface area contributed by atoms with Crippen molar-refractivity contribution in [2.75, 3.05) is 13.2 Å². The van der Waals surface area contributed by atoms with Crippen LogP contribution in [0.3, 0.4) is 0 Å². The smallest absolute Gasteiger partial charge is 0.410 e. The number of carbonyl (C=O) groups excluding carboxylic acids is 2. The Balaban J connectivity index is 2.94. The van der Waals surface area contributed by atoms with Gasteiger partial charge in [-0.2, -0.15) is 0 Å². The van der Waals surface area contributed by atoms with Gasteiger partial charge in [0, 0.05) is 12.6 Å². The van der Waals surface area contributed by atoms with Crippen molar-refractivity contribution in [3.63, 3.8) is 0 Å². The Kier molecular flexibility index (Phi) is 8.37. The zero-order valence-electron chi connectivity index (χ0n) is 16.6. The van der Waals surface area contributed by atoms with Crippen molar-refractivity contribution in [3.05, 3.63) is 0 Å². The number of amides is 1. The van der Waals surface area contributed by atoms with Crippen LogP contribution in [0.25, 0.3) is 0 Å². The highest BCUT2D eigenvalue weighted by Gasteiger charge is 2.38. The first-order chi connectivity index (χ1) is 12.1. The van der Waals surface area contributed by atoms with E-state index >= 15 is 0 Å². The molecule has 0 aromatic rings. The molecule has 7 heteroatoms. The van der Waals surface area contributed by atoms with Crippen molar-refractivity contribution < 1.29 is 29.0 Å². The normalized spacial score (nSPS) is 20.2. The molecule has 0 aromatic heterocycles. The third kappa shape index (κ3) is 6.50. The summed E-state index contributed by atoms with van der Waals surface area (Å²) in [7, 11) is 0. The van der Waals surface area contributed by atoms with Gasteiger partial charge in [-0.25, -0.2) is 4.79 Å². The van der Waals surface area contributed by atoms with Crippen LogP contribution in [0.4, 0.5) is 4.79 Å². The number of likely N-dealkylation sites (tertiary alicyclic amines) is 1. The number of carboxylic acids is 1. The first-order valence-corrected chi connectivity index (χ1v) is 9.49. The van der Waals surface area contributed by atoms with Crippen molar-refractivity contribution in [2.24, 2.45) is 11.8 Å². The van der Waals surface area contributed by atoms with Gasteiger partial charge < -0.3 is 19.5 Å². The van der Waals surface area contributed by atoms with Crippen LogP contribution in [0.15, 0.2) is 0 Å². The number of carboxylic acid groups (broad SMARTS) is 1. The van der Waals surface area contributed by atoms with E-state index in [9.17, 15) is 19.5 Å². The summed E-state index contributed by atoms with van der Waals surface area (Å²) in [6.45, 7) is 9.81. The van der Waals surface area contributed by atoms with Crippen molar-refractivity contribution in [2.45, 2.75) is 78.4 Å². The summed E-state index contributed by atoms with van der Waals surface area (Å²) in [5.74, 6) is -3.20. The Morgan fingerprint density at radius 1 is 1.19 bits per heavy atom. The summed E-state index contributed by atoms with van der Waals surface area (Å²) in [6, 6.07) is -0.125. The van der Waals surface area contributed by atoms with Crippen LogP contribution in [-0.2, 0) is 19.1 Å². The average Bonchev–Trinajstić information content (AvgIpc) is 2.54. The van der Waals surface area contributed by atoms with Crippen LogP contribution in [0, 0.1) is 11.8 Å². The predicted molar refractivity (Wildman–Crippen MR) is 96.7 cm³/mol. The van der Waals surface area contributed by atoms with Crippen molar-refractivity contribution in [1.29, 1.82) is 0 Å². The number of hydrogen-bond donors (Lipinski definition) is 1. The second-order valence-corrected chi connectivity index (χ2v) is 7.78. The largest absolute Gasteiger partial charge is 0.481 e. The number of ether oxygens (including phenoxy) is 2. The summed E-state index contributed by atoms with van der Waals surface area (Å²) in [6.07, 6.45) is 3.11. The molecule has 1 saturated heterocycles. The Bertz CT molecular complexity index is 499. The SMILES string of the molecule is CCOC(=O)C(CC(CC)C1CCCCN1C(=O)OC(C)(C)C)C(=O)O. The lowest BCUT2D eigenvalue weighted by Crippen LogP contribution is -2.50. The molecule has 150 valence electrons. The van der Waals surface area contributed by atoms with Gasteiger partial charge in [-0.3, -0.25) is 9.59 Å². The second kappa shape index (κ2) is 9.78. The lowest BCUT2D eigenvalue weighted by molar-refractivity contribution is -0.159. The molecule has 26 heavy (non-hydrogen) atoms. The summed E-state index contributed by atoms with van der Waals surface area (Å²) in [5.41, 5.74) is -0.588. The van der Waals surface area contributed by atoms with Gasteiger partial charge in [-0.15, -0.1) is 0 Å². The Morgan fingerprint density at radius 2 is 1.85 bits per heavy atom. The fourth-order valence-electron chi connectivity index (χ4n) is 3.43. The molecular weight excluding hydrogens is 338 g/mol. The van der Waals surface area contributed by atoms with E-state index in [-0.39, 0.29) is 31.1 Å². The summed E-state index contributed by atoms with van der Waals surface area (Å²) in [4.78, 5) is 37.9. The van der Waals surface area contributed by atoms with Gasteiger partial charge in [0.2, 0.25) is 0 Å². The van der Waals surface area contributed by atoms with Crippen LogP contribution < -0.4 is 0 Å². The summed E-state index contributed by atoms with van der Waals surface area (Å²) < 4.78 is 10.4. The first kappa shape index (κ1) is 22.3. The number of piperidine rings is 1. The van der Waals surface area contributed by atoms with Gasteiger partial charge in [0.1, 0.15) is 5.60 Å². The maximum absolute atomic E-state index is 12.6. The first-order valence-electron chi connectivity index (χ1n) is 9.49. The van der Waals surface area contributed by atoms with E-state index < -0.39 is 23.5 Å². The van der Waals surface area contributed by atoms with Gasteiger partial charge in [-0.1, -0.05) is 13.3 Å². The van der Waals surface area contributed by atoms with E-state index in [1.807, 2.05) is 27.7 Å². The zero-order chi connectivity index (χ0) is 19.9. The average molecular weight is 371 g/mol. The number of nitrogens with zero attached hydrogens (tertiary/aromatic N) is 1. The molecule has 3 unspecified atom stereocenters. The van der Waals surface area contributed by atoms with Gasteiger partial charge in [0.25, 0.3) is 0 Å². The predicted octanol–water partition coefficient (Wildman–Crippen LogP) is 3.46. The van der Waals surface area contributed by atoms with Gasteiger partial charge in [0.05, 0.1) is 6.61 Å². The third-order valence-electron chi connectivity index (χ3n) is 4.65. The molecule has 3 atom stereocenters. The molecule has 0 aliphatic carbocycles. The molecule has 0 radical (unpaired) electrons. The zero-order valence-corrected chi connectivity index (χ0v) is 16.6. The van der Waals surface area contributed by atoms with E-state index in [0.29, 0.717) is 13.0 Å². The molecule has 7 nitrogen and oxygen atoms in total. The number of hydrogen-bond acceptors (Lipinski definition) is 5. The molecule has 0 spiro atoms. The fraction of sp³-hybridized carbons (Fsp3) is 0.842. The van der Waals surface area contributed by atoms with Crippen molar-refractivity contribution in [3.8, 4) is 0 Å². The molecule has 1 N–H and O–H groups in total. The Morgan fingerprint density at radius 3 is 2.35 bits per heavy atom. The minimum atomic E-state index is -1.21. The van der Waals surface area contributed by atoms with E-state index in [4.69, 9.17) is 9.47 Å². The molecule has 1 rings (SSSR count). The highest BCUT2D eigenvalue weighted by atomic mass is 16.6. The highest BCUT2D eigenvalue weighted by Crippen LogP contribution is 2.31. The number of esters is 1. The number of aliphatic carboxylic acids is 1. The van der Waals surface area contributed by atoms with Crippen molar-refractivity contribution >= 4 is 18.0 Å². The molecule has 1 amide bonds. The highest BCUT2D eigenvalue weighted by molar-refractivity contribution is 5.93. The minimum absolute atomic E-state index is 0.103. The van der Waals surface area contributed by atoms with E-state index in [0.717, 1.165) is 19.3 Å². The van der Waals surface area contributed by atoms with Crippen LogP contribution in [0.1, 0.15) is 66.7 Å². The summed E-state index contributed by atoms with van der Waals surface area (Å²) in [5, 5.41) is 9.43. The lowest BCUT2D eigenvalue weighted by atomic mass is 9.82. The topological polar surface area (TPSA) is 93.1 Å². The van der Waals surface area contributed by atoms with E-state index in [2.05, 4.69) is 0 Å². The van der Waals surface area contributed by atoms with Crippen molar-refractivity contribution in [1.82, 2.24) is 4.90 Å². The minimum Gasteiger partial charge on any atom is -0.481 e. The maximum Gasteiger partial charge on any atom is 0.410 e. The molecule has 1 heterocycles. The molecule has 1 aliphatic rings. The van der Waals surface area contributed by atoms with Crippen LogP contribution >= 0.6 is 0 Å². The van der Waals surface area contributed by atoms with Gasteiger partial charge in [0.15, 0.2) is 5.92 Å². The maximum atomic E-state index is 12.6. The molecule has 1 fully saturated rings. The quantitative estimate of drug-likeness (QED) is 0.544. The van der Waals surface area contributed by atoms with Crippen LogP contribution in [0.5, 0.6) is 0 Å². The number of rotatable bonds is 7. The van der Waals surface area contributed by atoms with Crippen LogP contribution in [0.2, 0.25) is 0 Å². The molecule has 0 bridgehead atoms. The van der Waals surface area contributed by atoms with E-state index in [1.54, 1.807) is 11.8 Å². The standard InChI is InChI=1S/C19H33NO6/c1-6-13(12-14(16(21)22)17(23)25-7-2)15-10-8-9-11-20(15)18(24)26-19(3,4)5/h13-15H,6-12H2,1-5H3,(H,21,22). The lowest BCUT2D eigenvalue weighted by Gasteiger charge is -2.41. The fourth-order valence-corrected chi connectivity index (χ4v) is 3.43. The second-order valence-electron chi connectivity index (χ2n) is 7.78. The Labute approximate surface area is 156 Å². The molecule has 1 aliphatic heterocycles. The van der Waals surface area contributed by atoms with Crippen LogP contribution in [-0.4, -0.2) is 52.8 Å². The van der Waals surface area contributed by atoms with Gasteiger partial charge >= 0.3 is 18.0 Å².